The average molecular weight is 185 g/mol. The second-order valence-electron chi connectivity index (χ2n) is 3.81. The van der Waals surface area contributed by atoms with Gasteiger partial charge in [0.1, 0.15) is 0 Å². The lowest BCUT2D eigenvalue weighted by molar-refractivity contribution is 1.04. The lowest BCUT2D eigenvalue weighted by atomic mass is 10.0. The van der Waals surface area contributed by atoms with E-state index in [0.29, 0.717) is 0 Å². The standard InChI is InChI=1S/C13H15N/c1-4-13-7-11-5-9(2)10(3)6-12(11)8-14-13/h5-8H,4H2,1-3H3. The van der Waals surface area contributed by atoms with Crippen molar-refractivity contribution in [3.63, 3.8) is 0 Å². The number of hydrogen-bond donors (Lipinski definition) is 0. The molecule has 2 aromatic rings. The summed E-state index contributed by atoms with van der Waals surface area (Å²) in [6, 6.07) is 6.63. The first-order valence-electron chi connectivity index (χ1n) is 5.06. The number of aryl methyl sites for hydroxylation is 3. The van der Waals surface area contributed by atoms with Crippen molar-refractivity contribution in [1.29, 1.82) is 0 Å². The van der Waals surface area contributed by atoms with Crippen LogP contribution in [0.3, 0.4) is 0 Å². The van der Waals surface area contributed by atoms with Crippen molar-refractivity contribution in [3.8, 4) is 0 Å². The molecule has 0 aliphatic heterocycles. The van der Waals surface area contributed by atoms with Gasteiger partial charge < -0.3 is 0 Å². The molecular weight excluding hydrogens is 170 g/mol. The molecule has 0 amide bonds. The van der Waals surface area contributed by atoms with E-state index in [1.165, 1.54) is 27.6 Å². The molecule has 0 bridgehead atoms. The summed E-state index contributed by atoms with van der Waals surface area (Å²) in [6.45, 7) is 6.43. The van der Waals surface area contributed by atoms with Gasteiger partial charge in [0.15, 0.2) is 0 Å². The van der Waals surface area contributed by atoms with E-state index in [1.54, 1.807) is 0 Å². The molecule has 1 nitrogen and oxygen atoms in total. The molecule has 0 saturated heterocycles. The third-order valence-electron chi connectivity index (χ3n) is 2.75. The minimum atomic E-state index is 1.00. The normalized spacial score (nSPS) is 10.8. The first-order valence-corrected chi connectivity index (χ1v) is 5.06. The van der Waals surface area contributed by atoms with E-state index in [2.05, 4.69) is 44.0 Å². The quantitative estimate of drug-likeness (QED) is 0.663. The molecule has 0 saturated carbocycles. The number of fused-ring (bicyclic) bond motifs is 1. The van der Waals surface area contributed by atoms with Crippen LogP contribution >= 0.6 is 0 Å². The Morgan fingerprint density at radius 3 is 2.29 bits per heavy atom. The SMILES string of the molecule is CCc1cc2cc(C)c(C)cc2cn1. The van der Waals surface area contributed by atoms with Crippen molar-refractivity contribution in [2.75, 3.05) is 0 Å². The van der Waals surface area contributed by atoms with E-state index >= 15 is 0 Å². The van der Waals surface area contributed by atoms with Gasteiger partial charge in [-0.1, -0.05) is 13.0 Å². The lowest BCUT2D eigenvalue weighted by Crippen LogP contribution is -1.88. The van der Waals surface area contributed by atoms with Crippen molar-refractivity contribution < 1.29 is 0 Å². The predicted octanol–water partition coefficient (Wildman–Crippen LogP) is 3.41. The molecule has 0 spiro atoms. The van der Waals surface area contributed by atoms with Crippen LogP contribution in [0, 0.1) is 13.8 Å². The van der Waals surface area contributed by atoms with Crippen LogP contribution in [0.15, 0.2) is 24.4 Å². The lowest BCUT2D eigenvalue weighted by Gasteiger charge is -2.04. The number of hydrogen-bond acceptors (Lipinski definition) is 1. The van der Waals surface area contributed by atoms with E-state index in [1.807, 2.05) is 6.20 Å². The maximum Gasteiger partial charge on any atom is 0.0407 e. The fraction of sp³-hybridized carbons (Fsp3) is 0.308. The summed E-state index contributed by atoms with van der Waals surface area (Å²) in [7, 11) is 0. The van der Waals surface area contributed by atoms with Gasteiger partial charge >= 0.3 is 0 Å². The first kappa shape index (κ1) is 9.20. The first-order chi connectivity index (χ1) is 6.70. The molecule has 0 aliphatic carbocycles. The maximum atomic E-state index is 4.40. The molecule has 2 rings (SSSR count). The van der Waals surface area contributed by atoms with Crippen LogP contribution in [0.2, 0.25) is 0 Å². The van der Waals surface area contributed by atoms with Crippen molar-refractivity contribution in [2.24, 2.45) is 0 Å². The smallest absolute Gasteiger partial charge is 0.0407 e. The van der Waals surface area contributed by atoms with Gasteiger partial charge in [0, 0.05) is 17.3 Å². The van der Waals surface area contributed by atoms with Gasteiger partial charge in [-0.25, -0.2) is 0 Å². The maximum absolute atomic E-state index is 4.40. The number of rotatable bonds is 1. The highest BCUT2D eigenvalue weighted by molar-refractivity contribution is 5.83. The fourth-order valence-electron chi connectivity index (χ4n) is 1.66. The van der Waals surface area contributed by atoms with Gasteiger partial charge in [0.2, 0.25) is 0 Å². The van der Waals surface area contributed by atoms with Gasteiger partial charge in [0.25, 0.3) is 0 Å². The van der Waals surface area contributed by atoms with Crippen molar-refractivity contribution in [1.82, 2.24) is 4.98 Å². The van der Waals surface area contributed by atoms with Crippen LogP contribution < -0.4 is 0 Å². The van der Waals surface area contributed by atoms with Crippen LogP contribution in [-0.2, 0) is 6.42 Å². The monoisotopic (exact) mass is 185 g/mol. The highest BCUT2D eigenvalue weighted by Gasteiger charge is 1.99. The third-order valence-corrected chi connectivity index (χ3v) is 2.75. The van der Waals surface area contributed by atoms with E-state index in [0.717, 1.165) is 6.42 Å². The van der Waals surface area contributed by atoms with Crippen LogP contribution in [0.4, 0.5) is 0 Å². The summed E-state index contributed by atoms with van der Waals surface area (Å²) in [5.41, 5.74) is 3.86. The second kappa shape index (κ2) is 3.41. The number of benzene rings is 1. The van der Waals surface area contributed by atoms with E-state index < -0.39 is 0 Å². The molecule has 0 aliphatic rings. The topological polar surface area (TPSA) is 12.9 Å². The van der Waals surface area contributed by atoms with Crippen molar-refractivity contribution in [3.05, 3.63) is 41.2 Å². The average Bonchev–Trinajstić information content (AvgIpc) is 2.19. The van der Waals surface area contributed by atoms with E-state index in [4.69, 9.17) is 0 Å². The van der Waals surface area contributed by atoms with Gasteiger partial charge in [-0.3, -0.25) is 4.98 Å². The van der Waals surface area contributed by atoms with E-state index in [-0.39, 0.29) is 0 Å². The minimum absolute atomic E-state index is 1.00. The summed E-state index contributed by atoms with van der Waals surface area (Å²) in [6.07, 6.45) is 2.98. The van der Waals surface area contributed by atoms with Crippen molar-refractivity contribution >= 4 is 10.8 Å². The number of nitrogens with zero attached hydrogens (tertiary/aromatic N) is 1. The minimum Gasteiger partial charge on any atom is -0.261 e. The summed E-state index contributed by atoms with van der Waals surface area (Å²) in [4.78, 5) is 4.40. The van der Waals surface area contributed by atoms with Crippen LogP contribution in [0.25, 0.3) is 10.8 Å². The van der Waals surface area contributed by atoms with Gasteiger partial charge in [0.05, 0.1) is 0 Å². The Labute approximate surface area is 84.8 Å². The molecule has 72 valence electrons. The Bertz CT molecular complexity index is 472. The molecule has 0 atom stereocenters. The molecule has 14 heavy (non-hydrogen) atoms. The fourth-order valence-corrected chi connectivity index (χ4v) is 1.66. The summed E-state index contributed by atoms with van der Waals surface area (Å²) >= 11 is 0. The Hall–Kier alpha value is -1.37. The zero-order valence-corrected chi connectivity index (χ0v) is 8.96. The molecule has 0 N–H and O–H groups in total. The molecule has 1 aromatic heterocycles. The largest absolute Gasteiger partial charge is 0.261 e. The summed E-state index contributed by atoms with van der Waals surface area (Å²) in [5.74, 6) is 0. The highest BCUT2D eigenvalue weighted by Crippen LogP contribution is 2.19. The zero-order chi connectivity index (χ0) is 10.1. The Balaban J connectivity index is 2.70. The van der Waals surface area contributed by atoms with Crippen LogP contribution in [0.5, 0.6) is 0 Å². The molecule has 0 radical (unpaired) electrons. The molecule has 1 heteroatoms. The highest BCUT2D eigenvalue weighted by atomic mass is 14.7. The summed E-state index contributed by atoms with van der Waals surface area (Å²) in [5, 5.41) is 2.55. The third kappa shape index (κ3) is 1.50. The molecule has 1 heterocycles. The van der Waals surface area contributed by atoms with E-state index in [9.17, 15) is 0 Å². The van der Waals surface area contributed by atoms with Crippen molar-refractivity contribution in [2.45, 2.75) is 27.2 Å². The molecule has 1 aromatic carbocycles. The molecule has 0 unspecified atom stereocenters. The number of aromatic nitrogens is 1. The van der Waals surface area contributed by atoms with Gasteiger partial charge in [-0.2, -0.15) is 0 Å². The Kier molecular flexibility index (Phi) is 2.24. The Morgan fingerprint density at radius 2 is 1.64 bits per heavy atom. The number of pyridine rings is 1. The van der Waals surface area contributed by atoms with Gasteiger partial charge in [-0.15, -0.1) is 0 Å². The summed E-state index contributed by atoms with van der Waals surface area (Å²) < 4.78 is 0. The van der Waals surface area contributed by atoms with Crippen LogP contribution in [0.1, 0.15) is 23.7 Å². The Morgan fingerprint density at radius 1 is 1.00 bits per heavy atom. The second-order valence-corrected chi connectivity index (χ2v) is 3.81. The zero-order valence-electron chi connectivity index (χ0n) is 8.96. The molecule has 0 fully saturated rings. The van der Waals surface area contributed by atoms with Crippen LogP contribution in [-0.4, -0.2) is 4.98 Å². The predicted molar refractivity (Wildman–Crippen MR) is 60.6 cm³/mol. The van der Waals surface area contributed by atoms with Gasteiger partial charge in [-0.05, 0) is 48.9 Å². The molecular formula is C13H15N.